The van der Waals surface area contributed by atoms with Crippen LogP contribution in [0.15, 0.2) is 41.1 Å². The number of hydrogen-bond donors (Lipinski definition) is 1. The van der Waals surface area contributed by atoms with E-state index in [2.05, 4.69) is 15.6 Å². The minimum atomic E-state index is -0.597. The van der Waals surface area contributed by atoms with Gasteiger partial charge in [-0.15, -0.1) is 0 Å². The highest BCUT2D eigenvalue weighted by molar-refractivity contribution is 5.92. The molecule has 0 bridgehead atoms. The van der Waals surface area contributed by atoms with Gasteiger partial charge in [-0.05, 0) is 19.1 Å². The Morgan fingerprint density at radius 1 is 1.41 bits per heavy atom. The van der Waals surface area contributed by atoms with Gasteiger partial charge >= 0.3 is 0 Å². The summed E-state index contributed by atoms with van der Waals surface area (Å²) in [6, 6.07) is 9.36. The van der Waals surface area contributed by atoms with Crippen molar-refractivity contribution in [2.24, 2.45) is 0 Å². The molecule has 3 rings (SSSR count). The van der Waals surface area contributed by atoms with E-state index in [1.807, 2.05) is 0 Å². The maximum Gasteiger partial charge on any atom is 0.287 e. The lowest BCUT2D eigenvalue weighted by Gasteiger charge is -2.03. The molecule has 1 amide bonds. The molecule has 0 aliphatic heterocycles. The molecule has 136 valence electrons. The van der Waals surface area contributed by atoms with Crippen molar-refractivity contribution in [2.75, 3.05) is 6.54 Å². The molecule has 27 heavy (non-hydrogen) atoms. The number of nitrogens with one attached hydrogen (secondary N) is 1. The third kappa shape index (κ3) is 3.98. The zero-order valence-corrected chi connectivity index (χ0v) is 14.2. The predicted molar refractivity (Wildman–Crippen MR) is 92.6 cm³/mol. The van der Waals surface area contributed by atoms with Crippen molar-refractivity contribution in [3.05, 3.63) is 63.7 Å². The second-order valence-electron chi connectivity index (χ2n) is 5.64. The Hall–Kier alpha value is -4.00. The van der Waals surface area contributed by atoms with Gasteiger partial charge in [0, 0.05) is 30.4 Å². The Labute approximate surface area is 153 Å². The first-order chi connectivity index (χ1) is 13.0. The van der Waals surface area contributed by atoms with Gasteiger partial charge < -0.3 is 9.84 Å². The first kappa shape index (κ1) is 17.8. The largest absolute Gasteiger partial charge is 0.361 e. The number of aromatic nitrogens is 3. The zero-order valence-electron chi connectivity index (χ0n) is 14.2. The lowest BCUT2D eigenvalue weighted by molar-refractivity contribution is -0.385. The van der Waals surface area contributed by atoms with E-state index >= 15 is 0 Å². The monoisotopic (exact) mass is 366 g/mol. The third-order valence-electron chi connectivity index (χ3n) is 3.74. The summed E-state index contributed by atoms with van der Waals surface area (Å²) in [5, 5.41) is 30.7. The van der Waals surface area contributed by atoms with Crippen LogP contribution in [0, 0.1) is 28.4 Å². The van der Waals surface area contributed by atoms with Crippen molar-refractivity contribution < 1.29 is 14.2 Å². The normalized spacial score (nSPS) is 10.4. The highest BCUT2D eigenvalue weighted by Gasteiger charge is 2.16. The molecule has 0 atom stereocenters. The highest BCUT2D eigenvalue weighted by atomic mass is 16.6. The molecule has 0 spiro atoms. The Morgan fingerprint density at radius 2 is 2.22 bits per heavy atom. The fourth-order valence-electron chi connectivity index (χ4n) is 2.42. The van der Waals surface area contributed by atoms with Crippen LogP contribution in [0.2, 0.25) is 0 Å². The smallest absolute Gasteiger partial charge is 0.287 e. The van der Waals surface area contributed by atoms with Crippen LogP contribution in [0.3, 0.4) is 0 Å². The number of amides is 1. The molecule has 0 radical (unpaired) electrons. The summed E-state index contributed by atoms with van der Waals surface area (Å²) in [5.74, 6) is 0.204. The number of nitro benzene ring substituents is 1. The number of benzene rings is 1. The molecule has 2 heterocycles. The first-order valence-electron chi connectivity index (χ1n) is 7.92. The van der Waals surface area contributed by atoms with Gasteiger partial charge in [-0.1, -0.05) is 11.2 Å². The number of nitro groups is 1. The standard InChI is InChI=1S/C17H14N6O4/c1-11-8-15(21-27-11)17(24)19-5-7-22-6-4-14(20-22)12-2-3-13(10-18)16(9-12)23(25)26/h2-4,6,8-9H,5,7H2,1H3,(H,19,24). The van der Waals surface area contributed by atoms with Crippen LogP contribution in [0.1, 0.15) is 21.8 Å². The van der Waals surface area contributed by atoms with Crippen LogP contribution < -0.4 is 5.32 Å². The molecule has 0 fully saturated rings. The van der Waals surface area contributed by atoms with Crippen molar-refractivity contribution >= 4 is 11.6 Å². The lowest BCUT2D eigenvalue weighted by atomic mass is 10.1. The van der Waals surface area contributed by atoms with E-state index in [1.165, 1.54) is 12.1 Å². The summed E-state index contributed by atoms with van der Waals surface area (Å²) >= 11 is 0. The van der Waals surface area contributed by atoms with Crippen molar-refractivity contribution in [1.29, 1.82) is 5.26 Å². The van der Waals surface area contributed by atoms with Gasteiger partial charge in [0.1, 0.15) is 17.4 Å². The lowest BCUT2D eigenvalue weighted by Crippen LogP contribution is -2.27. The van der Waals surface area contributed by atoms with Gasteiger partial charge in [0.25, 0.3) is 11.6 Å². The van der Waals surface area contributed by atoms with Crippen molar-refractivity contribution in [3.63, 3.8) is 0 Å². The van der Waals surface area contributed by atoms with Crippen LogP contribution in [0.25, 0.3) is 11.3 Å². The highest BCUT2D eigenvalue weighted by Crippen LogP contribution is 2.25. The van der Waals surface area contributed by atoms with Crippen LogP contribution in [-0.4, -0.2) is 32.3 Å². The molecule has 1 aromatic carbocycles. The molecule has 1 N–H and O–H groups in total. The Balaban J connectivity index is 1.65. The van der Waals surface area contributed by atoms with Crippen LogP contribution >= 0.6 is 0 Å². The van der Waals surface area contributed by atoms with E-state index in [9.17, 15) is 14.9 Å². The molecular weight excluding hydrogens is 352 g/mol. The fraction of sp³-hybridized carbons (Fsp3) is 0.176. The Morgan fingerprint density at radius 3 is 2.89 bits per heavy atom. The molecular formula is C17H14N6O4. The van der Waals surface area contributed by atoms with Crippen molar-refractivity contribution in [1.82, 2.24) is 20.3 Å². The van der Waals surface area contributed by atoms with E-state index in [0.29, 0.717) is 30.1 Å². The average Bonchev–Trinajstić information content (AvgIpc) is 3.30. The SMILES string of the molecule is Cc1cc(C(=O)NCCn2ccc(-c3ccc(C#N)c([N+](=O)[O-])c3)n2)no1. The van der Waals surface area contributed by atoms with Gasteiger partial charge in [0.15, 0.2) is 5.69 Å². The minimum absolute atomic E-state index is 0.00557. The van der Waals surface area contributed by atoms with E-state index in [0.717, 1.165) is 0 Å². The number of nitriles is 1. The first-order valence-corrected chi connectivity index (χ1v) is 7.92. The number of hydrogen-bond acceptors (Lipinski definition) is 7. The summed E-state index contributed by atoms with van der Waals surface area (Å²) in [7, 11) is 0. The van der Waals surface area contributed by atoms with E-state index in [4.69, 9.17) is 9.78 Å². The van der Waals surface area contributed by atoms with Gasteiger partial charge in [0.2, 0.25) is 0 Å². The molecule has 10 heteroatoms. The summed E-state index contributed by atoms with van der Waals surface area (Å²) in [4.78, 5) is 22.4. The van der Waals surface area contributed by atoms with Crippen LogP contribution in [0.4, 0.5) is 5.69 Å². The van der Waals surface area contributed by atoms with Gasteiger partial charge in [-0.3, -0.25) is 19.6 Å². The maximum absolute atomic E-state index is 11.9. The topological polar surface area (TPSA) is 140 Å². The Kier molecular flexibility index (Phi) is 4.94. The number of aryl methyl sites for hydroxylation is 1. The zero-order chi connectivity index (χ0) is 19.4. The van der Waals surface area contributed by atoms with Crippen molar-refractivity contribution in [3.8, 4) is 17.3 Å². The second-order valence-corrected chi connectivity index (χ2v) is 5.64. The second kappa shape index (κ2) is 7.49. The Bertz CT molecular complexity index is 1050. The van der Waals surface area contributed by atoms with Crippen molar-refractivity contribution in [2.45, 2.75) is 13.5 Å². The number of carbonyl (C=O) groups excluding carboxylic acids is 1. The number of carbonyl (C=O) groups is 1. The van der Waals surface area contributed by atoms with E-state index in [1.54, 1.807) is 42.1 Å². The summed E-state index contributed by atoms with van der Waals surface area (Å²) in [6.45, 7) is 2.42. The minimum Gasteiger partial charge on any atom is -0.361 e. The molecule has 0 saturated carbocycles. The maximum atomic E-state index is 11.9. The summed E-state index contributed by atoms with van der Waals surface area (Å²) < 4.78 is 6.45. The van der Waals surface area contributed by atoms with Gasteiger partial charge in [-0.25, -0.2) is 0 Å². The quantitative estimate of drug-likeness (QED) is 0.520. The van der Waals surface area contributed by atoms with Crippen LogP contribution in [-0.2, 0) is 6.54 Å². The predicted octanol–water partition coefficient (Wildman–Crippen LogP) is 2.06. The van der Waals surface area contributed by atoms with Gasteiger partial charge in [-0.2, -0.15) is 10.4 Å². The molecule has 0 saturated heterocycles. The molecule has 0 unspecified atom stereocenters. The fourth-order valence-corrected chi connectivity index (χ4v) is 2.42. The molecule has 0 aliphatic carbocycles. The molecule has 10 nitrogen and oxygen atoms in total. The summed E-state index contributed by atoms with van der Waals surface area (Å²) in [6.07, 6.45) is 1.70. The number of rotatable bonds is 6. The number of nitrogens with zero attached hydrogens (tertiary/aromatic N) is 5. The average molecular weight is 366 g/mol. The van der Waals surface area contributed by atoms with Crippen LogP contribution in [0.5, 0.6) is 0 Å². The molecule has 0 aliphatic rings. The van der Waals surface area contributed by atoms with Gasteiger partial charge in [0.05, 0.1) is 17.2 Å². The third-order valence-corrected chi connectivity index (χ3v) is 3.74. The molecule has 3 aromatic rings. The van der Waals surface area contributed by atoms with E-state index in [-0.39, 0.29) is 22.9 Å². The summed E-state index contributed by atoms with van der Waals surface area (Å²) in [5.41, 5.74) is 0.995. The molecule has 2 aromatic heterocycles. The van der Waals surface area contributed by atoms with E-state index < -0.39 is 4.92 Å².